The van der Waals surface area contributed by atoms with Gasteiger partial charge < -0.3 is 5.32 Å². The SMILES string of the molecule is Cc1ccc(C(=O)Nc2ccc(S(=O)(=O)N3CCCCC3C)cc2)nc1Cl. The smallest absolute Gasteiger partial charge is 0.274 e. The second-order valence-corrected chi connectivity index (χ2v) is 8.99. The van der Waals surface area contributed by atoms with Gasteiger partial charge in [0.2, 0.25) is 10.0 Å². The highest BCUT2D eigenvalue weighted by Gasteiger charge is 2.30. The molecule has 1 fully saturated rings. The van der Waals surface area contributed by atoms with Crippen molar-refractivity contribution in [3.8, 4) is 0 Å². The van der Waals surface area contributed by atoms with Crippen LogP contribution in [0.25, 0.3) is 0 Å². The first-order chi connectivity index (χ1) is 12.8. The van der Waals surface area contributed by atoms with Crippen LogP contribution in [0.3, 0.4) is 0 Å². The summed E-state index contributed by atoms with van der Waals surface area (Å²) in [5.74, 6) is -0.405. The van der Waals surface area contributed by atoms with Crippen LogP contribution in [-0.2, 0) is 10.0 Å². The summed E-state index contributed by atoms with van der Waals surface area (Å²) in [4.78, 5) is 16.6. The number of aryl methyl sites for hydroxylation is 1. The number of sulfonamides is 1. The van der Waals surface area contributed by atoms with Gasteiger partial charge in [0.15, 0.2) is 0 Å². The topological polar surface area (TPSA) is 79.4 Å². The number of rotatable bonds is 4. The van der Waals surface area contributed by atoms with Crippen LogP contribution in [0.5, 0.6) is 0 Å². The Bertz CT molecular complexity index is 945. The maximum Gasteiger partial charge on any atom is 0.274 e. The molecular weight excluding hydrogens is 386 g/mol. The van der Waals surface area contributed by atoms with Crippen molar-refractivity contribution in [2.45, 2.75) is 44.0 Å². The number of hydrogen-bond donors (Lipinski definition) is 1. The van der Waals surface area contributed by atoms with Gasteiger partial charge in [0.1, 0.15) is 10.8 Å². The first-order valence-electron chi connectivity index (χ1n) is 8.85. The molecule has 3 rings (SSSR count). The molecule has 6 nitrogen and oxygen atoms in total. The fourth-order valence-corrected chi connectivity index (χ4v) is 4.95. The van der Waals surface area contributed by atoms with Gasteiger partial charge in [-0.2, -0.15) is 4.31 Å². The van der Waals surface area contributed by atoms with Gasteiger partial charge in [0.05, 0.1) is 4.90 Å². The molecule has 0 radical (unpaired) electrons. The molecule has 1 N–H and O–H groups in total. The Morgan fingerprint density at radius 3 is 2.52 bits per heavy atom. The number of nitrogens with one attached hydrogen (secondary N) is 1. The van der Waals surface area contributed by atoms with E-state index in [0.717, 1.165) is 24.8 Å². The van der Waals surface area contributed by atoms with E-state index in [2.05, 4.69) is 10.3 Å². The third kappa shape index (κ3) is 4.31. The van der Waals surface area contributed by atoms with Crippen molar-refractivity contribution in [2.75, 3.05) is 11.9 Å². The summed E-state index contributed by atoms with van der Waals surface area (Å²) < 4.78 is 27.2. The Kier molecular flexibility index (Phi) is 5.83. The predicted molar refractivity (Wildman–Crippen MR) is 106 cm³/mol. The van der Waals surface area contributed by atoms with Crippen LogP contribution in [0.15, 0.2) is 41.3 Å². The van der Waals surface area contributed by atoms with Crippen LogP contribution in [0, 0.1) is 6.92 Å². The standard InChI is InChI=1S/C19H22ClN3O3S/c1-13-6-11-17(22-18(13)20)19(24)21-15-7-9-16(10-8-15)27(25,26)23-12-4-3-5-14(23)2/h6-11,14H,3-5,12H2,1-2H3,(H,21,24). The summed E-state index contributed by atoms with van der Waals surface area (Å²) >= 11 is 5.95. The zero-order valence-corrected chi connectivity index (χ0v) is 16.8. The molecule has 144 valence electrons. The molecule has 27 heavy (non-hydrogen) atoms. The molecule has 1 aliphatic rings. The second kappa shape index (κ2) is 7.96. The van der Waals surface area contributed by atoms with E-state index in [4.69, 9.17) is 11.6 Å². The average molecular weight is 408 g/mol. The van der Waals surface area contributed by atoms with Gasteiger partial charge in [-0.05, 0) is 62.6 Å². The number of nitrogens with zero attached hydrogens (tertiary/aromatic N) is 2. The minimum absolute atomic E-state index is 0.000453. The van der Waals surface area contributed by atoms with Gasteiger partial charge in [-0.15, -0.1) is 0 Å². The van der Waals surface area contributed by atoms with Crippen LogP contribution >= 0.6 is 11.6 Å². The number of aromatic nitrogens is 1. The summed E-state index contributed by atoms with van der Waals surface area (Å²) in [7, 11) is -3.53. The van der Waals surface area contributed by atoms with Crippen molar-refractivity contribution in [3.63, 3.8) is 0 Å². The Balaban J connectivity index is 1.75. The van der Waals surface area contributed by atoms with E-state index in [1.54, 1.807) is 35.5 Å². The molecule has 8 heteroatoms. The molecule has 1 aliphatic heterocycles. The number of amides is 1. The number of anilines is 1. The maximum atomic E-state index is 12.8. The van der Waals surface area contributed by atoms with E-state index in [1.165, 1.54) is 12.1 Å². The number of pyridine rings is 1. The monoisotopic (exact) mass is 407 g/mol. The Hall–Kier alpha value is -1.96. The van der Waals surface area contributed by atoms with Gasteiger partial charge in [-0.3, -0.25) is 4.79 Å². The number of hydrogen-bond acceptors (Lipinski definition) is 4. The Morgan fingerprint density at radius 1 is 1.19 bits per heavy atom. The quantitative estimate of drug-likeness (QED) is 0.780. The number of carbonyl (C=O) groups is 1. The van der Waals surface area contributed by atoms with E-state index in [9.17, 15) is 13.2 Å². The van der Waals surface area contributed by atoms with Crippen molar-refractivity contribution in [1.82, 2.24) is 9.29 Å². The molecule has 1 saturated heterocycles. The van der Waals surface area contributed by atoms with Crippen molar-refractivity contribution in [2.24, 2.45) is 0 Å². The number of carbonyl (C=O) groups excluding carboxylic acids is 1. The molecule has 0 spiro atoms. The largest absolute Gasteiger partial charge is 0.321 e. The molecule has 2 aromatic rings. The zero-order valence-electron chi connectivity index (χ0n) is 15.3. The molecule has 0 saturated carbocycles. The molecule has 2 heterocycles. The first-order valence-corrected chi connectivity index (χ1v) is 10.7. The first kappa shape index (κ1) is 19.8. The molecule has 1 unspecified atom stereocenters. The van der Waals surface area contributed by atoms with Gasteiger partial charge in [-0.1, -0.05) is 24.1 Å². The van der Waals surface area contributed by atoms with Crippen LogP contribution < -0.4 is 5.32 Å². The molecule has 1 amide bonds. The fraction of sp³-hybridized carbons (Fsp3) is 0.368. The lowest BCUT2D eigenvalue weighted by Gasteiger charge is -2.32. The predicted octanol–water partition coefficient (Wildman–Crippen LogP) is 3.86. The minimum Gasteiger partial charge on any atom is -0.321 e. The summed E-state index contributed by atoms with van der Waals surface area (Å²) in [6.07, 6.45) is 2.80. The van der Waals surface area contributed by atoms with Gasteiger partial charge >= 0.3 is 0 Å². The van der Waals surface area contributed by atoms with E-state index in [1.807, 2.05) is 6.92 Å². The highest BCUT2D eigenvalue weighted by Crippen LogP contribution is 2.26. The normalized spacial score (nSPS) is 18.3. The summed E-state index contributed by atoms with van der Waals surface area (Å²) in [6, 6.07) is 9.50. The van der Waals surface area contributed by atoms with Crippen LogP contribution in [-0.4, -0.2) is 36.2 Å². The van der Waals surface area contributed by atoms with E-state index in [-0.39, 0.29) is 21.8 Å². The van der Waals surface area contributed by atoms with Crippen molar-refractivity contribution in [3.05, 3.63) is 52.8 Å². The third-order valence-corrected chi connectivity index (χ3v) is 7.14. The average Bonchev–Trinajstić information content (AvgIpc) is 2.64. The highest BCUT2D eigenvalue weighted by molar-refractivity contribution is 7.89. The lowest BCUT2D eigenvalue weighted by molar-refractivity contribution is 0.102. The summed E-state index contributed by atoms with van der Waals surface area (Å²) in [5, 5.41) is 2.98. The zero-order chi connectivity index (χ0) is 19.6. The molecular formula is C19H22ClN3O3S. The fourth-order valence-electron chi connectivity index (χ4n) is 3.10. The van der Waals surface area contributed by atoms with Gasteiger partial charge in [-0.25, -0.2) is 13.4 Å². The minimum atomic E-state index is -3.53. The maximum absolute atomic E-state index is 12.8. The van der Waals surface area contributed by atoms with Crippen LogP contribution in [0.2, 0.25) is 5.15 Å². The van der Waals surface area contributed by atoms with Crippen LogP contribution in [0.1, 0.15) is 42.2 Å². The van der Waals surface area contributed by atoms with Crippen molar-refractivity contribution >= 4 is 33.2 Å². The summed E-state index contributed by atoms with van der Waals surface area (Å²) in [6.45, 7) is 4.28. The van der Waals surface area contributed by atoms with Crippen molar-refractivity contribution < 1.29 is 13.2 Å². The second-order valence-electron chi connectivity index (χ2n) is 6.74. The molecule has 1 aromatic carbocycles. The van der Waals surface area contributed by atoms with Gasteiger partial charge in [0.25, 0.3) is 5.91 Å². The lowest BCUT2D eigenvalue weighted by atomic mass is 10.1. The van der Waals surface area contributed by atoms with E-state index < -0.39 is 15.9 Å². The molecule has 1 aromatic heterocycles. The van der Waals surface area contributed by atoms with E-state index >= 15 is 0 Å². The molecule has 0 bridgehead atoms. The highest BCUT2D eigenvalue weighted by atomic mass is 35.5. The molecule has 0 aliphatic carbocycles. The van der Waals surface area contributed by atoms with Crippen LogP contribution in [0.4, 0.5) is 5.69 Å². The van der Waals surface area contributed by atoms with Gasteiger partial charge in [0, 0.05) is 18.3 Å². The third-order valence-electron chi connectivity index (χ3n) is 4.73. The summed E-state index contributed by atoms with van der Waals surface area (Å²) in [5.41, 5.74) is 1.48. The molecule has 1 atom stereocenters. The Morgan fingerprint density at radius 2 is 1.89 bits per heavy atom. The Labute approximate surface area is 164 Å². The number of benzene rings is 1. The van der Waals surface area contributed by atoms with E-state index in [0.29, 0.717) is 12.2 Å². The lowest BCUT2D eigenvalue weighted by Crippen LogP contribution is -2.41. The van der Waals surface area contributed by atoms with Crippen molar-refractivity contribution in [1.29, 1.82) is 0 Å². The number of piperidine rings is 1. The number of halogens is 1.